The van der Waals surface area contributed by atoms with Crippen molar-refractivity contribution in [2.45, 2.75) is 25.8 Å². The Hall–Kier alpha value is -1.73. The molecule has 1 saturated heterocycles. The van der Waals surface area contributed by atoms with Crippen molar-refractivity contribution >= 4 is 32.9 Å². The standard InChI is InChI=1S/C14H18N4O2S/c1-2-17(10-4-3-7-15-8-10)11-5-6-12-13(16-9-21-12)14(11)18(19)20/h5-6,9-10,15H,2-4,7-8H2,1H3. The molecule has 6 nitrogen and oxygen atoms in total. The third kappa shape index (κ3) is 2.58. The second-order valence-corrected chi connectivity index (χ2v) is 6.06. The number of nitrogens with zero attached hydrogens (tertiary/aromatic N) is 3. The average molecular weight is 306 g/mol. The summed E-state index contributed by atoms with van der Waals surface area (Å²) in [7, 11) is 0. The van der Waals surface area contributed by atoms with Gasteiger partial charge in [0.15, 0.2) is 5.52 Å². The van der Waals surface area contributed by atoms with Crippen LogP contribution in [0.4, 0.5) is 11.4 Å². The number of piperidine rings is 1. The Bertz CT molecular complexity index is 651. The van der Waals surface area contributed by atoms with E-state index in [1.807, 2.05) is 19.1 Å². The molecule has 2 aromatic rings. The minimum Gasteiger partial charge on any atom is -0.362 e. The number of nitro groups is 1. The predicted molar refractivity (Wildman–Crippen MR) is 85.2 cm³/mol. The summed E-state index contributed by atoms with van der Waals surface area (Å²) in [6, 6.07) is 4.11. The zero-order valence-electron chi connectivity index (χ0n) is 11.9. The predicted octanol–water partition coefficient (Wildman–Crippen LogP) is 2.78. The van der Waals surface area contributed by atoms with Gasteiger partial charge in [0.25, 0.3) is 0 Å². The Kier molecular flexibility index (Phi) is 4.03. The molecule has 0 radical (unpaired) electrons. The lowest BCUT2D eigenvalue weighted by Crippen LogP contribution is -2.46. The molecule has 0 amide bonds. The molecule has 0 spiro atoms. The van der Waals surface area contributed by atoms with Gasteiger partial charge in [0.05, 0.1) is 15.1 Å². The summed E-state index contributed by atoms with van der Waals surface area (Å²) >= 11 is 1.44. The Labute approximate surface area is 126 Å². The molecule has 1 aromatic carbocycles. The molecular weight excluding hydrogens is 288 g/mol. The number of anilines is 1. The molecule has 2 heterocycles. The van der Waals surface area contributed by atoms with Gasteiger partial charge in [-0.2, -0.15) is 0 Å². The summed E-state index contributed by atoms with van der Waals surface area (Å²) in [4.78, 5) is 17.6. The number of hydrogen-bond acceptors (Lipinski definition) is 6. The summed E-state index contributed by atoms with van der Waals surface area (Å²) in [5.41, 5.74) is 3.00. The van der Waals surface area contributed by atoms with E-state index in [1.165, 1.54) is 11.3 Å². The number of nitro benzene ring substituents is 1. The van der Waals surface area contributed by atoms with Gasteiger partial charge in [-0.25, -0.2) is 4.98 Å². The van der Waals surface area contributed by atoms with E-state index in [2.05, 4.69) is 15.2 Å². The van der Waals surface area contributed by atoms with Crippen molar-refractivity contribution in [1.82, 2.24) is 10.3 Å². The van der Waals surface area contributed by atoms with Gasteiger partial charge in [-0.3, -0.25) is 10.1 Å². The molecule has 1 N–H and O–H groups in total. The minimum atomic E-state index is -0.295. The van der Waals surface area contributed by atoms with Crippen LogP contribution >= 0.6 is 11.3 Å². The third-order valence-electron chi connectivity index (χ3n) is 4.00. The fourth-order valence-electron chi connectivity index (χ4n) is 3.04. The van der Waals surface area contributed by atoms with E-state index >= 15 is 0 Å². The maximum atomic E-state index is 11.6. The highest BCUT2D eigenvalue weighted by Crippen LogP contribution is 2.37. The largest absolute Gasteiger partial charge is 0.362 e. The van der Waals surface area contributed by atoms with Crippen LogP contribution < -0.4 is 10.2 Å². The van der Waals surface area contributed by atoms with E-state index in [4.69, 9.17) is 0 Å². The van der Waals surface area contributed by atoms with Gasteiger partial charge < -0.3 is 10.2 Å². The van der Waals surface area contributed by atoms with Gasteiger partial charge in [-0.15, -0.1) is 11.3 Å². The first-order chi connectivity index (χ1) is 10.2. The molecule has 1 fully saturated rings. The molecule has 112 valence electrons. The second kappa shape index (κ2) is 5.95. The van der Waals surface area contributed by atoms with Crippen LogP contribution in [0.5, 0.6) is 0 Å². The van der Waals surface area contributed by atoms with Gasteiger partial charge in [0, 0.05) is 19.1 Å². The summed E-state index contributed by atoms with van der Waals surface area (Å²) in [6.45, 7) is 4.70. The molecule has 7 heteroatoms. The Morgan fingerprint density at radius 3 is 3.10 bits per heavy atom. The maximum absolute atomic E-state index is 11.6. The van der Waals surface area contributed by atoms with Crippen LogP contribution in [0.3, 0.4) is 0 Å². The Balaban J connectivity index is 2.08. The highest BCUT2D eigenvalue weighted by Gasteiger charge is 2.28. The van der Waals surface area contributed by atoms with Crippen molar-refractivity contribution in [2.24, 2.45) is 0 Å². The molecule has 1 aliphatic heterocycles. The van der Waals surface area contributed by atoms with Crippen molar-refractivity contribution in [3.05, 3.63) is 27.8 Å². The van der Waals surface area contributed by atoms with E-state index in [9.17, 15) is 10.1 Å². The van der Waals surface area contributed by atoms with E-state index in [-0.39, 0.29) is 10.6 Å². The Morgan fingerprint density at radius 2 is 2.43 bits per heavy atom. The fraction of sp³-hybridized carbons (Fsp3) is 0.500. The van der Waals surface area contributed by atoms with E-state index in [1.54, 1.807) is 5.51 Å². The van der Waals surface area contributed by atoms with Crippen molar-refractivity contribution in [1.29, 1.82) is 0 Å². The number of rotatable bonds is 4. The summed E-state index contributed by atoms with van der Waals surface area (Å²) in [5.74, 6) is 0. The highest BCUT2D eigenvalue weighted by atomic mass is 32.1. The van der Waals surface area contributed by atoms with Crippen LogP contribution in [0.15, 0.2) is 17.6 Å². The van der Waals surface area contributed by atoms with Crippen LogP contribution in [-0.4, -0.2) is 35.6 Å². The molecule has 1 aromatic heterocycles. The molecular formula is C14H18N4O2S. The minimum absolute atomic E-state index is 0.140. The molecule has 0 bridgehead atoms. The van der Waals surface area contributed by atoms with Crippen molar-refractivity contribution < 1.29 is 4.92 Å². The normalized spacial score (nSPS) is 18.8. The lowest BCUT2D eigenvalue weighted by molar-refractivity contribution is -0.382. The summed E-state index contributed by atoms with van der Waals surface area (Å²) in [6.07, 6.45) is 2.17. The molecule has 3 rings (SSSR count). The lowest BCUT2D eigenvalue weighted by Gasteiger charge is -2.35. The summed E-state index contributed by atoms with van der Waals surface area (Å²) < 4.78 is 0.864. The highest BCUT2D eigenvalue weighted by molar-refractivity contribution is 7.16. The topological polar surface area (TPSA) is 71.3 Å². The molecule has 1 unspecified atom stereocenters. The van der Waals surface area contributed by atoms with Crippen LogP contribution in [-0.2, 0) is 0 Å². The van der Waals surface area contributed by atoms with Crippen molar-refractivity contribution in [3.8, 4) is 0 Å². The maximum Gasteiger partial charge on any atom is 0.319 e. The van der Waals surface area contributed by atoms with Gasteiger partial charge in [0.1, 0.15) is 5.69 Å². The number of hydrogen-bond donors (Lipinski definition) is 1. The molecule has 0 saturated carbocycles. The van der Waals surface area contributed by atoms with Crippen LogP contribution in [0.1, 0.15) is 19.8 Å². The van der Waals surface area contributed by atoms with Crippen molar-refractivity contribution in [3.63, 3.8) is 0 Å². The number of thiazole rings is 1. The molecule has 1 atom stereocenters. The molecule has 0 aliphatic carbocycles. The second-order valence-electron chi connectivity index (χ2n) is 5.18. The smallest absolute Gasteiger partial charge is 0.319 e. The number of fused-ring (bicyclic) bond motifs is 1. The van der Waals surface area contributed by atoms with Crippen LogP contribution in [0.2, 0.25) is 0 Å². The van der Waals surface area contributed by atoms with E-state index < -0.39 is 0 Å². The van der Waals surface area contributed by atoms with Gasteiger partial charge in [-0.05, 0) is 38.4 Å². The SMILES string of the molecule is CCN(c1ccc2scnc2c1[N+](=O)[O-])C1CCCNC1. The number of benzene rings is 1. The van der Waals surface area contributed by atoms with Crippen LogP contribution in [0, 0.1) is 10.1 Å². The fourth-order valence-corrected chi connectivity index (χ4v) is 3.72. The summed E-state index contributed by atoms with van der Waals surface area (Å²) in [5, 5.41) is 14.9. The first kappa shape index (κ1) is 14.2. The third-order valence-corrected chi connectivity index (χ3v) is 4.79. The van der Waals surface area contributed by atoms with Crippen molar-refractivity contribution in [2.75, 3.05) is 24.5 Å². The number of aromatic nitrogens is 1. The van der Waals surface area contributed by atoms with E-state index in [0.717, 1.165) is 37.2 Å². The zero-order valence-corrected chi connectivity index (χ0v) is 12.7. The number of nitrogens with one attached hydrogen (secondary N) is 1. The zero-order chi connectivity index (χ0) is 14.8. The Morgan fingerprint density at radius 1 is 1.57 bits per heavy atom. The quantitative estimate of drug-likeness (QED) is 0.694. The average Bonchev–Trinajstić information content (AvgIpc) is 2.97. The molecule has 21 heavy (non-hydrogen) atoms. The number of likely N-dealkylation sites (N-methyl/N-ethyl adjacent to an activating group) is 1. The molecule has 1 aliphatic rings. The monoisotopic (exact) mass is 306 g/mol. The lowest BCUT2D eigenvalue weighted by atomic mass is 10.0. The van der Waals surface area contributed by atoms with Crippen LogP contribution in [0.25, 0.3) is 10.2 Å². The van der Waals surface area contributed by atoms with Gasteiger partial charge >= 0.3 is 5.69 Å². The first-order valence-electron chi connectivity index (χ1n) is 7.20. The van der Waals surface area contributed by atoms with Gasteiger partial charge in [0.2, 0.25) is 0 Å². The van der Waals surface area contributed by atoms with Gasteiger partial charge in [-0.1, -0.05) is 0 Å². The van der Waals surface area contributed by atoms with E-state index in [0.29, 0.717) is 17.2 Å². The first-order valence-corrected chi connectivity index (χ1v) is 8.08.